The Kier molecular flexibility index (Phi) is 2.31. The van der Waals surface area contributed by atoms with Crippen LogP contribution in [-0.4, -0.2) is 22.4 Å². The highest BCUT2D eigenvalue weighted by atomic mass is 16.3. The summed E-state index contributed by atoms with van der Waals surface area (Å²) in [6.45, 7) is 0. The second kappa shape index (κ2) is 3.50. The summed E-state index contributed by atoms with van der Waals surface area (Å²) in [5.74, 6) is 0.170. The van der Waals surface area contributed by atoms with Gasteiger partial charge in [0.15, 0.2) is 0 Å². The van der Waals surface area contributed by atoms with E-state index in [1.807, 2.05) is 0 Å². The first kappa shape index (κ1) is 9.90. The monoisotopic (exact) mass is 205 g/mol. The van der Waals surface area contributed by atoms with Gasteiger partial charge in [0, 0.05) is 12.8 Å². The largest absolute Gasteiger partial charge is 0.508 e. The van der Waals surface area contributed by atoms with E-state index in [1.54, 1.807) is 30.3 Å². The minimum Gasteiger partial charge on any atom is -0.508 e. The molecule has 1 aliphatic carbocycles. The van der Waals surface area contributed by atoms with Gasteiger partial charge in [0.05, 0.1) is 6.10 Å². The summed E-state index contributed by atoms with van der Waals surface area (Å²) in [5, 5.41) is 18.4. The number of phenolic OH excluding ortho intramolecular Hbond substituents is 1. The highest BCUT2D eigenvalue weighted by molar-refractivity contribution is 5.41. The molecule has 1 aromatic rings. The van der Waals surface area contributed by atoms with Gasteiger partial charge in [-0.05, 0) is 17.7 Å². The lowest BCUT2D eigenvalue weighted by molar-refractivity contribution is 0.0223. The lowest BCUT2D eigenvalue weighted by Gasteiger charge is -2.41. The van der Waals surface area contributed by atoms with Crippen molar-refractivity contribution in [1.82, 2.24) is 0 Å². The van der Waals surface area contributed by atoms with E-state index in [-0.39, 0.29) is 5.75 Å². The third-order valence-electron chi connectivity index (χ3n) is 2.81. The molecule has 15 heavy (non-hydrogen) atoms. The van der Waals surface area contributed by atoms with Gasteiger partial charge < -0.3 is 10.2 Å². The van der Waals surface area contributed by atoms with Crippen LogP contribution in [0.3, 0.4) is 0 Å². The average molecular weight is 205 g/mol. The van der Waals surface area contributed by atoms with Crippen LogP contribution < -0.4 is 0 Å². The lowest BCUT2D eigenvalue weighted by Crippen LogP contribution is -2.43. The molecule has 0 saturated heterocycles. The molecule has 0 radical (unpaired) electrons. The van der Waals surface area contributed by atoms with Crippen molar-refractivity contribution in [1.29, 1.82) is 0 Å². The Labute approximate surface area is 86.9 Å². The van der Waals surface area contributed by atoms with Crippen LogP contribution in [0.1, 0.15) is 18.4 Å². The summed E-state index contributed by atoms with van der Waals surface area (Å²) in [6.07, 6.45) is 2.01. The average Bonchev–Trinajstić information content (AvgIpc) is 2.16. The van der Waals surface area contributed by atoms with E-state index in [1.165, 1.54) is 0 Å². The van der Waals surface area contributed by atoms with Crippen molar-refractivity contribution in [3.05, 3.63) is 29.8 Å². The van der Waals surface area contributed by atoms with Gasteiger partial charge in [0.1, 0.15) is 11.3 Å². The van der Waals surface area contributed by atoms with Crippen LogP contribution in [0.2, 0.25) is 0 Å². The van der Waals surface area contributed by atoms with Gasteiger partial charge in [-0.3, -0.25) is 0 Å². The van der Waals surface area contributed by atoms with E-state index < -0.39 is 11.6 Å². The van der Waals surface area contributed by atoms with Gasteiger partial charge in [0.25, 0.3) is 0 Å². The Balaban J connectivity index is 2.34. The van der Waals surface area contributed by atoms with Crippen LogP contribution in [0.25, 0.3) is 0 Å². The number of hydrogen-bond acceptors (Lipinski definition) is 4. The number of aliphatic hydroxyl groups excluding tert-OH is 1. The fraction of sp³-hybridized carbons (Fsp3) is 0.364. The Bertz CT molecular complexity index is 400. The molecule has 4 heteroatoms. The van der Waals surface area contributed by atoms with Crippen molar-refractivity contribution in [2.75, 3.05) is 0 Å². The molecule has 2 rings (SSSR count). The van der Waals surface area contributed by atoms with Crippen molar-refractivity contribution in [2.45, 2.75) is 24.5 Å². The molecule has 1 aliphatic rings. The number of hydrogen-bond donors (Lipinski definition) is 2. The van der Waals surface area contributed by atoms with E-state index in [0.29, 0.717) is 12.8 Å². The van der Waals surface area contributed by atoms with Crippen LogP contribution in [0.5, 0.6) is 5.75 Å². The third-order valence-corrected chi connectivity index (χ3v) is 2.81. The van der Waals surface area contributed by atoms with Gasteiger partial charge in [-0.15, -0.1) is 0 Å². The maximum Gasteiger partial charge on any atom is 0.235 e. The number of isocyanates is 1. The zero-order valence-electron chi connectivity index (χ0n) is 8.05. The molecular weight excluding hydrogens is 194 g/mol. The molecule has 0 spiro atoms. The number of aliphatic hydroxyl groups is 1. The summed E-state index contributed by atoms with van der Waals surface area (Å²) in [7, 11) is 0. The van der Waals surface area contributed by atoms with Gasteiger partial charge in [-0.2, -0.15) is 4.99 Å². The molecule has 0 amide bonds. The van der Waals surface area contributed by atoms with Crippen molar-refractivity contribution >= 4 is 6.08 Å². The van der Waals surface area contributed by atoms with Crippen molar-refractivity contribution in [2.24, 2.45) is 4.99 Å². The van der Waals surface area contributed by atoms with Gasteiger partial charge in [-0.25, -0.2) is 4.79 Å². The fourth-order valence-electron chi connectivity index (χ4n) is 1.97. The number of aliphatic imine (C=N–C) groups is 1. The number of nitrogens with zero attached hydrogens (tertiary/aromatic N) is 1. The lowest BCUT2D eigenvalue weighted by atomic mass is 9.70. The summed E-state index contributed by atoms with van der Waals surface area (Å²) in [5.41, 5.74) is 0.198. The number of rotatable bonds is 2. The SMILES string of the molecule is O=C=NC1(c2ccc(O)cc2)CC(O)C1. The third kappa shape index (κ3) is 1.65. The van der Waals surface area contributed by atoms with E-state index in [0.717, 1.165) is 5.56 Å². The molecule has 1 fully saturated rings. The number of carbonyl (C=O) groups excluding carboxylic acids is 1. The van der Waals surface area contributed by atoms with E-state index in [9.17, 15) is 9.90 Å². The molecule has 78 valence electrons. The summed E-state index contributed by atoms with van der Waals surface area (Å²) in [4.78, 5) is 14.1. The number of benzene rings is 1. The Hall–Kier alpha value is -1.64. The summed E-state index contributed by atoms with van der Waals surface area (Å²) < 4.78 is 0. The van der Waals surface area contributed by atoms with Crippen molar-refractivity contribution < 1.29 is 15.0 Å². The molecule has 0 bridgehead atoms. The van der Waals surface area contributed by atoms with Crippen LogP contribution in [0.4, 0.5) is 0 Å². The maximum absolute atomic E-state index is 10.3. The highest BCUT2D eigenvalue weighted by Gasteiger charge is 2.45. The van der Waals surface area contributed by atoms with Gasteiger partial charge in [-0.1, -0.05) is 12.1 Å². The van der Waals surface area contributed by atoms with Gasteiger partial charge >= 0.3 is 0 Å². The normalized spacial score (nSPS) is 29.0. The first-order valence-corrected chi connectivity index (χ1v) is 4.73. The van der Waals surface area contributed by atoms with Crippen molar-refractivity contribution in [3.8, 4) is 5.75 Å². The molecule has 0 unspecified atom stereocenters. The molecule has 1 aromatic carbocycles. The molecule has 2 N–H and O–H groups in total. The topological polar surface area (TPSA) is 69.9 Å². The minimum atomic E-state index is -0.630. The number of aromatic hydroxyl groups is 1. The van der Waals surface area contributed by atoms with Crippen LogP contribution >= 0.6 is 0 Å². The Morgan fingerprint density at radius 3 is 2.40 bits per heavy atom. The molecule has 0 aliphatic heterocycles. The van der Waals surface area contributed by atoms with Crippen LogP contribution in [0, 0.1) is 0 Å². The maximum atomic E-state index is 10.3. The molecule has 1 saturated carbocycles. The number of phenols is 1. The second-order valence-corrected chi connectivity index (χ2v) is 3.84. The quantitative estimate of drug-likeness (QED) is 0.560. The molecular formula is C11H11NO3. The van der Waals surface area contributed by atoms with Gasteiger partial charge in [0.2, 0.25) is 6.08 Å². The zero-order valence-corrected chi connectivity index (χ0v) is 8.05. The summed E-state index contributed by atoms with van der Waals surface area (Å²) in [6, 6.07) is 6.51. The first-order valence-electron chi connectivity index (χ1n) is 4.73. The van der Waals surface area contributed by atoms with E-state index in [2.05, 4.69) is 4.99 Å². The molecule has 0 heterocycles. The Morgan fingerprint density at radius 2 is 1.93 bits per heavy atom. The van der Waals surface area contributed by atoms with Crippen molar-refractivity contribution in [3.63, 3.8) is 0 Å². The molecule has 0 aromatic heterocycles. The summed E-state index contributed by atoms with van der Waals surface area (Å²) >= 11 is 0. The van der Waals surface area contributed by atoms with Crippen LogP contribution in [-0.2, 0) is 10.3 Å². The Morgan fingerprint density at radius 1 is 1.33 bits per heavy atom. The predicted octanol–water partition coefficient (Wildman–Crippen LogP) is 1.08. The second-order valence-electron chi connectivity index (χ2n) is 3.84. The standard InChI is InChI=1S/C11H11NO3/c13-7-12-11(5-10(15)6-11)8-1-3-9(14)4-2-8/h1-4,10,14-15H,5-6H2. The highest BCUT2D eigenvalue weighted by Crippen LogP contribution is 2.45. The minimum absolute atomic E-state index is 0.170. The van der Waals surface area contributed by atoms with E-state index in [4.69, 9.17) is 5.11 Å². The molecule has 0 atom stereocenters. The first-order chi connectivity index (χ1) is 7.16. The van der Waals surface area contributed by atoms with Crippen LogP contribution in [0.15, 0.2) is 29.3 Å². The fourth-order valence-corrected chi connectivity index (χ4v) is 1.97. The zero-order chi connectivity index (χ0) is 10.9. The van der Waals surface area contributed by atoms with E-state index >= 15 is 0 Å². The predicted molar refractivity (Wildman–Crippen MR) is 53.1 cm³/mol. The molecule has 4 nitrogen and oxygen atoms in total. The smallest absolute Gasteiger partial charge is 0.235 e.